The van der Waals surface area contributed by atoms with E-state index in [2.05, 4.69) is 19.6 Å². The average molecular weight is 337 g/mol. The third kappa shape index (κ3) is 2.35. The third-order valence-corrected chi connectivity index (χ3v) is 4.63. The Labute approximate surface area is 144 Å². The molecule has 0 aliphatic rings. The van der Waals surface area contributed by atoms with E-state index in [1.54, 1.807) is 29.0 Å². The number of benzene rings is 1. The van der Waals surface area contributed by atoms with Gasteiger partial charge in [0.05, 0.1) is 10.9 Å². The van der Waals surface area contributed by atoms with Crippen molar-refractivity contribution in [2.24, 2.45) is 0 Å². The largest absolute Gasteiger partial charge is 0.507 e. The second kappa shape index (κ2) is 5.86. The number of fused-ring (bicyclic) bond motifs is 3. The number of nitrogens with zero attached hydrogens (tertiary/aromatic N) is 5. The molecule has 0 saturated carbocycles. The SMILES string of the molecule is Cc1c(C)n(CCCO)c2ncn3nc(-c4ccccc4O)nc3c12. The van der Waals surface area contributed by atoms with Crippen molar-refractivity contribution in [3.8, 4) is 17.1 Å². The minimum Gasteiger partial charge on any atom is -0.507 e. The molecule has 0 aliphatic carbocycles. The predicted octanol–water partition coefficient (Wildman–Crippen LogP) is 2.45. The van der Waals surface area contributed by atoms with Crippen LogP contribution in [-0.4, -0.2) is 41.0 Å². The van der Waals surface area contributed by atoms with Gasteiger partial charge in [-0.2, -0.15) is 0 Å². The molecule has 2 N–H and O–H groups in total. The number of phenols is 1. The van der Waals surface area contributed by atoms with Gasteiger partial charge in [0.15, 0.2) is 11.5 Å². The topological polar surface area (TPSA) is 88.5 Å². The fraction of sp³-hybridized carbons (Fsp3) is 0.278. The Morgan fingerprint density at radius 1 is 1.12 bits per heavy atom. The molecule has 0 fully saturated rings. The van der Waals surface area contributed by atoms with Gasteiger partial charge in [-0.15, -0.1) is 5.10 Å². The number of para-hydroxylation sites is 1. The van der Waals surface area contributed by atoms with E-state index in [1.807, 2.05) is 19.9 Å². The first-order valence-corrected chi connectivity index (χ1v) is 8.22. The molecule has 0 radical (unpaired) electrons. The quantitative estimate of drug-likeness (QED) is 0.597. The number of aliphatic hydroxyl groups is 1. The molecule has 0 unspecified atom stereocenters. The predicted molar refractivity (Wildman–Crippen MR) is 94.6 cm³/mol. The minimum absolute atomic E-state index is 0.142. The Bertz CT molecular complexity index is 1080. The average Bonchev–Trinajstić information content (AvgIpc) is 3.14. The normalized spacial score (nSPS) is 11.6. The Hall–Kier alpha value is -2.93. The van der Waals surface area contributed by atoms with Crippen molar-refractivity contribution in [1.29, 1.82) is 0 Å². The van der Waals surface area contributed by atoms with E-state index in [1.165, 1.54) is 0 Å². The van der Waals surface area contributed by atoms with Gasteiger partial charge in [0.2, 0.25) is 0 Å². The van der Waals surface area contributed by atoms with Crippen molar-refractivity contribution in [3.05, 3.63) is 41.9 Å². The van der Waals surface area contributed by atoms with E-state index in [0.29, 0.717) is 30.0 Å². The molecule has 3 aromatic heterocycles. The lowest BCUT2D eigenvalue weighted by molar-refractivity contribution is 0.280. The van der Waals surface area contributed by atoms with Crippen LogP contribution >= 0.6 is 0 Å². The molecule has 0 atom stereocenters. The summed E-state index contributed by atoms with van der Waals surface area (Å²) < 4.78 is 3.75. The number of hydrogen-bond donors (Lipinski definition) is 2. The van der Waals surface area contributed by atoms with Gasteiger partial charge in [-0.25, -0.2) is 14.5 Å². The summed E-state index contributed by atoms with van der Waals surface area (Å²) in [6, 6.07) is 7.02. The first kappa shape index (κ1) is 15.6. The van der Waals surface area contributed by atoms with E-state index in [0.717, 1.165) is 22.3 Å². The van der Waals surface area contributed by atoms with Gasteiger partial charge in [0.1, 0.15) is 17.7 Å². The number of hydrogen-bond acceptors (Lipinski definition) is 5. The van der Waals surface area contributed by atoms with Crippen molar-refractivity contribution in [2.45, 2.75) is 26.8 Å². The zero-order chi connectivity index (χ0) is 17.6. The molecule has 7 nitrogen and oxygen atoms in total. The summed E-state index contributed by atoms with van der Waals surface area (Å²) in [6.07, 6.45) is 2.31. The van der Waals surface area contributed by atoms with Crippen LogP contribution in [0.1, 0.15) is 17.7 Å². The summed E-state index contributed by atoms with van der Waals surface area (Å²) in [5, 5.41) is 24.6. The smallest absolute Gasteiger partial charge is 0.185 e. The highest BCUT2D eigenvalue weighted by atomic mass is 16.3. The summed E-state index contributed by atoms with van der Waals surface area (Å²) in [4.78, 5) is 9.21. The van der Waals surface area contributed by atoms with Crippen LogP contribution in [0.2, 0.25) is 0 Å². The van der Waals surface area contributed by atoms with Gasteiger partial charge < -0.3 is 14.8 Å². The fourth-order valence-corrected chi connectivity index (χ4v) is 3.21. The molecule has 0 saturated heterocycles. The van der Waals surface area contributed by atoms with Crippen molar-refractivity contribution in [2.75, 3.05) is 6.61 Å². The number of aryl methyl sites for hydroxylation is 2. The van der Waals surface area contributed by atoms with E-state index in [9.17, 15) is 5.11 Å². The van der Waals surface area contributed by atoms with Crippen molar-refractivity contribution in [1.82, 2.24) is 24.1 Å². The Kier molecular flexibility index (Phi) is 3.65. The summed E-state index contributed by atoms with van der Waals surface area (Å²) in [5.41, 5.74) is 4.35. The molecule has 4 rings (SSSR count). The molecule has 0 bridgehead atoms. The van der Waals surface area contributed by atoms with Crippen molar-refractivity contribution in [3.63, 3.8) is 0 Å². The number of aromatic nitrogens is 5. The highest BCUT2D eigenvalue weighted by molar-refractivity contribution is 5.94. The van der Waals surface area contributed by atoms with Crippen LogP contribution in [-0.2, 0) is 6.54 Å². The standard InChI is InChI=1S/C18H19N5O2/c1-11-12(2)22(8-5-9-24)17-15(11)18-20-16(21-23(18)10-19-17)13-6-3-4-7-14(13)25/h3-4,6-7,10,24-25H,5,8-9H2,1-2H3. The fourth-order valence-electron chi connectivity index (χ4n) is 3.21. The molecular weight excluding hydrogens is 318 g/mol. The highest BCUT2D eigenvalue weighted by Gasteiger charge is 2.18. The van der Waals surface area contributed by atoms with Crippen LogP contribution in [0, 0.1) is 13.8 Å². The molecule has 25 heavy (non-hydrogen) atoms. The van der Waals surface area contributed by atoms with Crippen LogP contribution in [0.25, 0.3) is 28.1 Å². The number of aliphatic hydroxyl groups excluding tert-OH is 1. The number of rotatable bonds is 4. The lowest BCUT2D eigenvalue weighted by Crippen LogP contribution is -2.03. The Balaban J connectivity index is 1.97. The first-order chi connectivity index (χ1) is 12.1. The molecule has 1 aromatic carbocycles. The Morgan fingerprint density at radius 3 is 2.68 bits per heavy atom. The van der Waals surface area contributed by atoms with Crippen LogP contribution in [0.4, 0.5) is 0 Å². The lowest BCUT2D eigenvalue weighted by Gasteiger charge is -2.05. The number of phenolic OH excluding ortho intramolecular Hbond substituents is 1. The lowest BCUT2D eigenvalue weighted by atomic mass is 10.2. The second-order valence-corrected chi connectivity index (χ2v) is 6.10. The maximum atomic E-state index is 10.1. The zero-order valence-corrected chi connectivity index (χ0v) is 14.1. The molecule has 7 heteroatoms. The Morgan fingerprint density at radius 2 is 1.92 bits per heavy atom. The first-order valence-electron chi connectivity index (χ1n) is 8.22. The minimum atomic E-state index is 0.142. The van der Waals surface area contributed by atoms with Gasteiger partial charge in [0, 0.05) is 18.8 Å². The molecular formula is C18H19N5O2. The van der Waals surface area contributed by atoms with E-state index in [-0.39, 0.29) is 12.4 Å². The van der Waals surface area contributed by atoms with Crippen molar-refractivity contribution < 1.29 is 10.2 Å². The summed E-state index contributed by atoms with van der Waals surface area (Å²) in [5.74, 6) is 0.614. The van der Waals surface area contributed by atoms with Crippen LogP contribution in [0.15, 0.2) is 30.6 Å². The van der Waals surface area contributed by atoms with Gasteiger partial charge in [-0.05, 0) is 38.0 Å². The molecule has 0 aliphatic heterocycles. The molecule has 0 amide bonds. The zero-order valence-electron chi connectivity index (χ0n) is 14.1. The molecule has 0 spiro atoms. The van der Waals surface area contributed by atoms with E-state index < -0.39 is 0 Å². The third-order valence-electron chi connectivity index (χ3n) is 4.63. The number of aromatic hydroxyl groups is 1. The van der Waals surface area contributed by atoms with Gasteiger partial charge in [-0.3, -0.25) is 0 Å². The molecule has 128 valence electrons. The van der Waals surface area contributed by atoms with E-state index in [4.69, 9.17) is 5.11 Å². The molecule has 3 heterocycles. The second-order valence-electron chi connectivity index (χ2n) is 6.10. The van der Waals surface area contributed by atoms with Crippen molar-refractivity contribution >= 4 is 16.7 Å². The van der Waals surface area contributed by atoms with Crippen LogP contribution in [0.3, 0.4) is 0 Å². The summed E-state index contributed by atoms with van der Waals surface area (Å²) in [6.45, 7) is 4.94. The summed E-state index contributed by atoms with van der Waals surface area (Å²) in [7, 11) is 0. The summed E-state index contributed by atoms with van der Waals surface area (Å²) >= 11 is 0. The van der Waals surface area contributed by atoms with Crippen LogP contribution in [0.5, 0.6) is 5.75 Å². The van der Waals surface area contributed by atoms with Gasteiger partial charge >= 0.3 is 0 Å². The molecule has 4 aromatic rings. The highest BCUT2D eigenvalue weighted by Crippen LogP contribution is 2.30. The van der Waals surface area contributed by atoms with Crippen LogP contribution < -0.4 is 0 Å². The van der Waals surface area contributed by atoms with Gasteiger partial charge in [-0.1, -0.05) is 12.1 Å². The van der Waals surface area contributed by atoms with E-state index >= 15 is 0 Å². The monoisotopic (exact) mass is 337 g/mol. The van der Waals surface area contributed by atoms with Gasteiger partial charge in [0.25, 0.3) is 0 Å². The maximum absolute atomic E-state index is 10.1. The maximum Gasteiger partial charge on any atom is 0.185 e.